The van der Waals surface area contributed by atoms with Crippen molar-refractivity contribution in [3.63, 3.8) is 0 Å². The van der Waals surface area contributed by atoms with Crippen LogP contribution in [0.15, 0.2) is 0 Å². The topological polar surface area (TPSA) is 55.1 Å². The molecule has 1 amide bonds. The molecule has 0 bridgehead atoms. The van der Waals surface area contributed by atoms with E-state index in [-0.39, 0.29) is 17.3 Å². The zero-order valence-electron chi connectivity index (χ0n) is 8.29. The van der Waals surface area contributed by atoms with E-state index in [1.165, 1.54) is 12.8 Å². The van der Waals surface area contributed by atoms with Gasteiger partial charge in [-0.1, -0.05) is 18.6 Å². The Balaban J connectivity index is 2.35. The van der Waals surface area contributed by atoms with Gasteiger partial charge in [0.1, 0.15) is 0 Å². The lowest BCUT2D eigenvalue weighted by molar-refractivity contribution is -0.120. The molecular formula is C9H16N2OS2. The van der Waals surface area contributed by atoms with E-state index in [0.29, 0.717) is 11.3 Å². The number of carbonyl (C=O) groups excluding carboxylic acids is 1. The van der Waals surface area contributed by atoms with Gasteiger partial charge in [0.2, 0.25) is 5.91 Å². The van der Waals surface area contributed by atoms with Crippen LogP contribution in [0.3, 0.4) is 0 Å². The Labute approximate surface area is 94.2 Å². The first-order valence-corrected chi connectivity index (χ1v) is 6.43. The minimum absolute atomic E-state index is 0.0385. The highest BCUT2D eigenvalue weighted by molar-refractivity contribution is 7.99. The maximum atomic E-state index is 11.4. The second-order valence-corrected chi connectivity index (χ2v) is 5.12. The van der Waals surface area contributed by atoms with Gasteiger partial charge in [0, 0.05) is 11.3 Å². The van der Waals surface area contributed by atoms with Crippen molar-refractivity contribution in [3.8, 4) is 0 Å². The highest BCUT2D eigenvalue weighted by atomic mass is 32.2. The number of rotatable bonds is 4. The molecule has 0 heterocycles. The second-order valence-electron chi connectivity index (χ2n) is 3.52. The molecule has 0 radical (unpaired) electrons. The second kappa shape index (κ2) is 5.56. The predicted molar refractivity (Wildman–Crippen MR) is 64.5 cm³/mol. The molecule has 2 unspecified atom stereocenters. The van der Waals surface area contributed by atoms with Gasteiger partial charge in [-0.25, -0.2) is 0 Å². The fourth-order valence-corrected chi connectivity index (χ4v) is 2.86. The molecule has 0 aliphatic heterocycles. The number of nitrogens with two attached hydrogens (primary N) is 1. The summed E-state index contributed by atoms with van der Waals surface area (Å²) in [5.41, 5.74) is 5.30. The molecule has 0 aromatic rings. The van der Waals surface area contributed by atoms with E-state index in [4.69, 9.17) is 5.73 Å². The summed E-state index contributed by atoms with van der Waals surface area (Å²) >= 11 is 6.50. The Morgan fingerprint density at radius 3 is 2.93 bits per heavy atom. The van der Waals surface area contributed by atoms with Crippen molar-refractivity contribution < 1.29 is 4.79 Å². The van der Waals surface area contributed by atoms with Gasteiger partial charge in [0.05, 0.1) is 11.4 Å². The van der Waals surface area contributed by atoms with E-state index in [0.717, 1.165) is 6.42 Å². The molecule has 5 heteroatoms. The van der Waals surface area contributed by atoms with E-state index in [1.54, 1.807) is 0 Å². The zero-order valence-corrected chi connectivity index (χ0v) is 9.92. The average Bonchev–Trinajstić information content (AvgIpc) is 2.50. The maximum Gasteiger partial charge on any atom is 0.227 e. The molecule has 0 aromatic carbocycles. The zero-order chi connectivity index (χ0) is 10.6. The predicted octanol–water partition coefficient (Wildman–Crippen LogP) is 1.06. The van der Waals surface area contributed by atoms with Crippen molar-refractivity contribution in [1.29, 1.82) is 0 Å². The number of thioether (sulfide) groups is 1. The Morgan fingerprint density at radius 1 is 1.64 bits per heavy atom. The van der Waals surface area contributed by atoms with Gasteiger partial charge in [0.25, 0.3) is 0 Å². The van der Waals surface area contributed by atoms with Gasteiger partial charge < -0.3 is 11.1 Å². The first-order valence-electron chi connectivity index (χ1n) is 4.74. The minimum atomic E-state index is -0.0385. The van der Waals surface area contributed by atoms with E-state index in [2.05, 4.69) is 23.8 Å². The van der Waals surface area contributed by atoms with Gasteiger partial charge in [0.15, 0.2) is 0 Å². The molecule has 0 spiro atoms. The molecule has 1 aliphatic rings. The lowest BCUT2D eigenvalue weighted by Crippen LogP contribution is -2.39. The molecule has 0 aromatic heterocycles. The standard InChI is InChI=1S/C9H16N2OS2/c1-14-7-4-2-3-6(7)11-9(12)5-8(10)13/h6-7H,2-5H2,1H3,(H2,10,13)(H,11,12). The van der Waals surface area contributed by atoms with Crippen LogP contribution < -0.4 is 11.1 Å². The first kappa shape index (κ1) is 11.8. The number of thiocarbonyl (C=S) groups is 1. The molecule has 1 aliphatic carbocycles. The van der Waals surface area contributed by atoms with Crippen molar-refractivity contribution in [3.05, 3.63) is 0 Å². The number of amides is 1. The van der Waals surface area contributed by atoms with E-state index in [9.17, 15) is 4.79 Å². The summed E-state index contributed by atoms with van der Waals surface area (Å²) in [5, 5.41) is 3.54. The Hall–Kier alpha value is -0.290. The Bertz CT molecular complexity index is 233. The fourth-order valence-electron chi connectivity index (χ4n) is 1.79. The van der Waals surface area contributed by atoms with Crippen LogP contribution in [0.5, 0.6) is 0 Å². The fraction of sp³-hybridized carbons (Fsp3) is 0.778. The Morgan fingerprint density at radius 2 is 2.36 bits per heavy atom. The SMILES string of the molecule is CSC1CCCC1NC(=O)CC(N)=S. The van der Waals surface area contributed by atoms with E-state index in [1.807, 2.05) is 11.8 Å². The Kier molecular flexibility index (Phi) is 4.68. The molecule has 3 N–H and O–H groups in total. The largest absolute Gasteiger partial charge is 0.393 e. The quantitative estimate of drug-likeness (QED) is 0.712. The molecule has 80 valence electrons. The molecular weight excluding hydrogens is 216 g/mol. The van der Waals surface area contributed by atoms with Crippen LogP contribution >= 0.6 is 24.0 Å². The summed E-state index contributed by atoms with van der Waals surface area (Å²) in [7, 11) is 0. The van der Waals surface area contributed by atoms with Crippen LogP contribution in [0.2, 0.25) is 0 Å². The maximum absolute atomic E-state index is 11.4. The molecule has 1 rings (SSSR count). The first-order chi connectivity index (χ1) is 6.63. The highest BCUT2D eigenvalue weighted by Crippen LogP contribution is 2.28. The number of carbonyl (C=O) groups is 1. The minimum Gasteiger partial charge on any atom is -0.393 e. The van der Waals surface area contributed by atoms with Crippen LogP contribution in [0, 0.1) is 0 Å². The number of hydrogen-bond donors (Lipinski definition) is 2. The number of hydrogen-bond acceptors (Lipinski definition) is 3. The third-order valence-corrected chi connectivity index (χ3v) is 3.75. The normalized spacial score (nSPS) is 26.1. The van der Waals surface area contributed by atoms with Gasteiger partial charge in [-0.3, -0.25) is 4.79 Å². The van der Waals surface area contributed by atoms with Crippen molar-refractivity contribution in [2.45, 2.75) is 37.0 Å². The van der Waals surface area contributed by atoms with Crippen LogP contribution in [-0.2, 0) is 4.79 Å². The van der Waals surface area contributed by atoms with Gasteiger partial charge in [-0.2, -0.15) is 11.8 Å². The lowest BCUT2D eigenvalue weighted by Gasteiger charge is -2.18. The van der Waals surface area contributed by atoms with Gasteiger partial charge >= 0.3 is 0 Å². The molecule has 3 nitrogen and oxygen atoms in total. The smallest absolute Gasteiger partial charge is 0.227 e. The summed E-state index contributed by atoms with van der Waals surface area (Å²) < 4.78 is 0. The lowest BCUT2D eigenvalue weighted by atomic mass is 10.2. The van der Waals surface area contributed by atoms with E-state index >= 15 is 0 Å². The van der Waals surface area contributed by atoms with E-state index < -0.39 is 0 Å². The summed E-state index contributed by atoms with van der Waals surface area (Å²) in [4.78, 5) is 11.6. The van der Waals surface area contributed by atoms with Crippen LogP contribution in [0.4, 0.5) is 0 Å². The van der Waals surface area contributed by atoms with Gasteiger partial charge in [-0.05, 0) is 19.1 Å². The van der Waals surface area contributed by atoms with Crippen LogP contribution in [0.25, 0.3) is 0 Å². The van der Waals surface area contributed by atoms with Crippen LogP contribution in [0.1, 0.15) is 25.7 Å². The third kappa shape index (κ3) is 3.46. The van der Waals surface area contributed by atoms with Crippen molar-refractivity contribution in [2.24, 2.45) is 5.73 Å². The monoisotopic (exact) mass is 232 g/mol. The van der Waals surface area contributed by atoms with Crippen molar-refractivity contribution in [1.82, 2.24) is 5.32 Å². The van der Waals surface area contributed by atoms with Crippen molar-refractivity contribution in [2.75, 3.05) is 6.26 Å². The summed E-state index contributed by atoms with van der Waals surface area (Å²) in [6.45, 7) is 0. The summed E-state index contributed by atoms with van der Waals surface area (Å²) in [6.07, 6.45) is 5.73. The highest BCUT2D eigenvalue weighted by Gasteiger charge is 2.27. The van der Waals surface area contributed by atoms with Gasteiger partial charge in [-0.15, -0.1) is 0 Å². The average molecular weight is 232 g/mol. The molecule has 14 heavy (non-hydrogen) atoms. The molecule has 2 atom stereocenters. The number of nitrogens with one attached hydrogen (secondary N) is 1. The third-order valence-electron chi connectivity index (χ3n) is 2.44. The summed E-state index contributed by atoms with van der Waals surface area (Å²) in [6, 6.07) is 0.312. The molecule has 1 fully saturated rings. The summed E-state index contributed by atoms with van der Waals surface area (Å²) in [5.74, 6) is -0.0385. The molecule has 0 saturated heterocycles. The molecule has 1 saturated carbocycles. The van der Waals surface area contributed by atoms with Crippen molar-refractivity contribution >= 4 is 34.9 Å². The van der Waals surface area contributed by atoms with Crippen LogP contribution in [-0.4, -0.2) is 28.4 Å².